The molecule has 0 saturated carbocycles. The molecule has 0 bridgehead atoms. The molecule has 3 N–H and O–H groups in total. The molecule has 1 amide bonds. The van der Waals surface area contributed by atoms with Crippen molar-refractivity contribution in [1.29, 1.82) is 0 Å². The van der Waals surface area contributed by atoms with Gasteiger partial charge in [-0.25, -0.2) is 4.68 Å². The van der Waals surface area contributed by atoms with Crippen LogP contribution in [0.3, 0.4) is 0 Å². The van der Waals surface area contributed by atoms with E-state index in [1.54, 1.807) is 6.20 Å². The molecule has 1 atom stereocenters. The van der Waals surface area contributed by atoms with Crippen LogP contribution in [0.4, 0.5) is 0 Å². The molecule has 0 radical (unpaired) electrons. The van der Waals surface area contributed by atoms with E-state index >= 15 is 0 Å². The Morgan fingerprint density at radius 3 is 2.70 bits per heavy atom. The summed E-state index contributed by atoms with van der Waals surface area (Å²) in [5.74, 6) is 0.538. The van der Waals surface area contributed by atoms with Gasteiger partial charge in [-0.2, -0.15) is 0 Å². The van der Waals surface area contributed by atoms with Crippen LogP contribution in [0.25, 0.3) is 0 Å². The van der Waals surface area contributed by atoms with Gasteiger partial charge in [0.15, 0.2) is 0 Å². The van der Waals surface area contributed by atoms with E-state index in [-0.39, 0.29) is 12.5 Å². The maximum Gasteiger partial charge on any atom is 0.241 e. The van der Waals surface area contributed by atoms with E-state index < -0.39 is 0 Å². The molecule has 0 fully saturated rings. The van der Waals surface area contributed by atoms with Crippen molar-refractivity contribution in [3.05, 3.63) is 11.9 Å². The van der Waals surface area contributed by atoms with Crippen LogP contribution in [0, 0.1) is 5.92 Å². The molecule has 1 heterocycles. The number of carbonyl (C=O) groups excluding carboxylic acids is 1. The van der Waals surface area contributed by atoms with Crippen LogP contribution >= 0.6 is 0 Å². The molecule has 0 aliphatic carbocycles. The predicted molar refractivity (Wildman–Crippen MR) is 77.9 cm³/mol. The molecule has 0 aliphatic rings. The quantitative estimate of drug-likeness (QED) is 0.691. The van der Waals surface area contributed by atoms with Crippen molar-refractivity contribution >= 4 is 5.91 Å². The smallest absolute Gasteiger partial charge is 0.241 e. The molecule has 0 spiro atoms. The van der Waals surface area contributed by atoms with E-state index in [2.05, 4.69) is 34.4 Å². The Morgan fingerprint density at radius 2 is 2.20 bits per heavy atom. The second-order valence-corrected chi connectivity index (χ2v) is 5.66. The summed E-state index contributed by atoms with van der Waals surface area (Å²) in [7, 11) is 4.06. The maximum atomic E-state index is 11.9. The third-order valence-corrected chi connectivity index (χ3v) is 3.11. The van der Waals surface area contributed by atoms with Gasteiger partial charge in [-0.3, -0.25) is 4.79 Å². The van der Waals surface area contributed by atoms with Gasteiger partial charge in [-0.05, 0) is 26.4 Å². The summed E-state index contributed by atoms with van der Waals surface area (Å²) < 4.78 is 1.50. The molecule has 0 aromatic carbocycles. The normalized spacial score (nSPS) is 12.9. The largest absolute Gasteiger partial charge is 0.353 e. The van der Waals surface area contributed by atoms with Gasteiger partial charge in [0.1, 0.15) is 6.54 Å². The van der Waals surface area contributed by atoms with Gasteiger partial charge in [-0.1, -0.05) is 19.1 Å². The summed E-state index contributed by atoms with van der Waals surface area (Å²) in [6, 6.07) is 0.342. The van der Waals surface area contributed by atoms with Crippen molar-refractivity contribution in [3.8, 4) is 0 Å². The van der Waals surface area contributed by atoms with Gasteiger partial charge in [0, 0.05) is 19.1 Å². The topological polar surface area (TPSA) is 89.1 Å². The summed E-state index contributed by atoms with van der Waals surface area (Å²) in [4.78, 5) is 14.0. The lowest BCUT2D eigenvalue weighted by atomic mass is 10.0. The first-order valence-corrected chi connectivity index (χ1v) is 6.94. The number of hydrogen-bond donors (Lipinski definition) is 2. The number of nitrogens with zero attached hydrogens (tertiary/aromatic N) is 4. The Hall–Kier alpha value is -1.47. The zero-order valence-electron chi connectivity index (χ0n) is 12.8. The molecular weight excluding hydrogens is 256 g/mol. The Morgan fingerprint density at radius 1 is 1.50 bits per heavy atom. The molecule has 0 aliphatic heterocycles. The molecule has 7 heteroatoms. The predicted octanol–water partition coefficient (Wildman–Crippen LogP) is -0.171. The molecule has 1 unspecified atom stereocenters. The summed E-state index contributed by atoms with van der Waals surface area (Å²) in [6.07, 6.45) is 2.74. The van der Waals surface area contributed by atoms with E-state index in [1.165, 1.54) is 4.68 Å². The van der Waals surface area contributed by atoms with E-state index in [4.69, 9.17) is 5.73 Å². The Bertz CT molecular complexity index is 415. The first-order chi connectivity index (χ1) is 9.42. The summed E-state index contributed by atoms with van der Waals surface area (Å²) in [6.45, 7) is 5.51. The van der Waals surface area contributed by atoms with Crippen molar-refractivity contribution < 1.29 is 4.79 Å². The van der Waals surface area contributed by atoms with Gasteiger partial charge in [-0.15, -0.1) is 5.10 Å². The van der Waals surface area contributed by atoms with Crippen molar-refractivity contribution in [2.45, 2.75) is 39.4 Å². The number of carbonyl (C=O) groups is 1. The van der Waals surface area contributed by atoms with E-state index in [1.807, 2.05) is 14.1 Å². The SMILES string of the molecule is CC(C)CC(CNC(=O)Cn1cc(CN)nn1)N(C)C. The van der Waals surface area contributed by atoms with Gasteiger partial charge in [0.25, 0.3) is 0 Å². The Labute approximate surface area is 120 Å². The average Bonchev–Trinajstić information content (AvgIpc) is 2.81. The minimum absolute atomic E-state index is 0.0610. The van der Waals surface area contributed by atoms with Crippen LogP contribution in [0.1, 0.15) is 26.0 Å². The summed E-state index contributed by atoms with van der Waals surface area (Å²) in [5.41, 5.74) is 6.13. The number of rotatable bonds is 8. The van der Waals surface area contributed by atoms with Gasteiger partial charge in [0.05, 0.1) is 11.9 Å². The number of amides is 1. The lowest BCUT2D eigenvalue weighted by Gasteiger charge is -2.26. The minimum Gasteiger partial charge on any atom is -0.353 e. The molecule has 20 heavy (non-hydrogen) atoms. The van der Waals surface area contributed by atoms with Gasteiger partial charge < -0.3 is 16.0 Å². The molecule has 7 nitrogen and oxygen atoms in total. The molecular formula is C13H26N6O. The molecule has 1 aromatic heterocycles. The van der Waals surface area contributed by atoms with Crippen LogP contribution in [-0.4, -0.2) is 52.5 Å². The number of hydrogen-bond acceptors (Lipinski definition) is 5. The van der Waals surface area contributed by atoms with Gasteiger partial charge >= 0.3 is 0 Å². The summed E-state index contributed by atoms with van der Waals surface area (Å²) in [5, 5.41) is 10.6. The fourth-order valence-corrected chi connectivity index (χ4v) is 1.96. The third-order valence-electron chi connectivity index (χ3n) is 3.11. The molecule has 0 saturated heterocycles. The number of nitrogens with one attached hydrogen (secondary N) is 1. The third kappa shape index (κ3) is 5.66. The highest BCUT2D eigenvalue weighted by molar-refractivity contribution is 5.75. The van der Waals surface area contributed by atoms with E-state index in [0.29, 0.717) is 30.7 Å². The van der Waals surface area contributed by atoms with Crippen molar-refractivity contribution in [2.75, 3.05) is 20.6 Å². The Kier molecular flexibility index (Phi) is 6.60. The monoisotopic (exact) mass is 282 g/mol. The number of nitrogens with two attached hydrogens (primary N) is 1. The number of likely N-dealkylation sites (N-methyl/N-ethyl adjacent to an activating group) is 1. The van der Waals surface area contributed by atoms with Crippen molar-refractivity contribution in [2.24, 2.45) is 11.7 Å². The van der Waals surface area contributed by atoms with Crippen LogP contribution in [-0.2, 0) is 17.9 Å². The zero-order valence-corrected chi connectivity index (χ0v) is 12.8. The Balaban J connectivity index is 2.41. The van der Waals surface area contributed by atoms with Crippen LogP contribution in [0.15, 0.2) is 6.20 Å². The average molecular weight is 282 g/mol. The molecule has 1 aromatic rings. The first-order valence-electron chi connectivity index (χ1n) is 6.94. The zero-order chi connectivity index (χ0) is 15.1. The molecule has 114 valence electrons. The van der Waals surface area contributed by atoms with Crippen molar-refractivity contribution in [3.63, 3.8) is 0 Å². The van der Waals surface area contributed by atoms with Crippen molar-refractivity contribution in [1.82, 2.24) is 25.2 Å². The van der Waals surface area contributed by atoms with Crippen LogP contribution in [0.2, 0.25) is 0 Å². The van der Waals surface area contributed by atoms with E-state index in [0.717, 1.165) is 6.42 Å². The second-order valence-electron chi connectivity index (χ2n) is 5.66. The minimum atomic E-state index is -0.0610. The lowest BCUT2D eigenvalue weighted by Crippen LogP contribution is -2.42. The molecule has 1 rings (SSSR count). The van der Waals surface area contributed by atoms with Crippen LogP contribution < -0.4 is 11.1 Å². The van der Waals surface area contributed by atoms with E-state index in [9.17, 15) is 4.79 Å². The highest BCUT2D eigenvalue weighted by atomic mass is 16.2. The summed E-state index contributed by atoms with van der Waals surface area (Å²) >= 11 is 0. The van der Waals surface area contributed by atoms with Crippen LogP contribution in [0.5, 0.6) is 0 Å². The standard InChI is InChI=1S/C13H26N6O/c1-10(2)5-12(18(3)4)7-15-13(20)9-19-8-11(6-14)16-17-19/h8,10,12H,5-7,9,14H2,1-4H3,(H,15,20). The number of aromatic nitrogens is 3. The fourth-order valence-electron chi connectivity index (χ4n) is 1.96. The lowest BCUT2D eigenvalue weighted by molar-refractivity contribution is -0.122. The first kappa shape index (κ1) is 16.6. The fraction of sp³-hybridized carbons (Fsp3) is 0.769. The highest BCUT2D eigenvalue weighted by Crippen LogP contribution is 2.08. The van der Waals surface area contributed by atoms with Gasteiger partial charge in [0.2, 0.25) is 5.91 Å². The highest BCUT2D eigenvalue weighted by Gasteiger charge is 2.14. The second kappa shape index (κ2) is 7.96. The maximum absolute atomic E-state index is 11.9.